The summed E-state index contributed by atoms with van der Waals surface area (Å²) in [6.45, 7) is 1.27. The minimum Gasteiger partial charge on any atom is -0.496 e. The highest BCUT2D eigenvalue weighted by Gasteiger charge is 2.30. The lowest BCUT2D eigenvalue weighted by atomic mass is 9.97. The summed E-state index contributed by atoms with van der Waals surface area (Å²) in [6, 6.07) is 11.9. The third-order valence-electron chi connectivity index (χ3n) is 4.68. The highest BCUT2D eigenvalue weighted by atomic mass is 32.2. The molecule has 1 aliphatic rings. The molecule has 2 aromatic rings. The first-order valence-corrected chi connectivity index (χ1v) is 10.1. The second-order valence-corrected chi connectivity index (χ2v) is 8.37. The van der Waals surface area contributed by atoms with Crippen molar-refractivity contribution in [1.29, 1.82) is 0 Å². The van der Waals surface area contributed by atoms with Gasteiger partial charge in [0, 0.05) is 31.3 Å². The van der Waals surface area contributed by atoms with Gasteiger partial charge in [0.2, 0.25) is 0 Å². The van der Waals surface area contributed by atoms with Crippen LogP contribution in [-0.2, 0) is 9.84 Å². The van der Waals surface area contributed by atoms with Crippen molar-refractivity contribution in [1.82, 2.24) is 0 Å². The molecule has 0 saturated carbocycles. The molecule has 1 saturated heterocycles. The van der Waals surface area contributed by atoms with Gasteiger partial charge >= 0.3 is 0 Å². The minimum atomic E-state index is -3.50. The topological polar surface area (TPSA) is 89.8 Å². The highest BCUT2D eigenvalue weighted by Crippen LogP contribution is 2.39. The largest absolute Gasteiger partial charge is 0.496 e. The molecule has 8 heteroatoms. The number of ether oxygens (including phenoxy) is 1. The smallest absolute Gasteiger partial charge is 0.293 e. The van der Waals surface area contributed by atoms with Crippen molar-refractivity contribution in [2.24, 2.45) is 0 Å². The van der Waals surface area contributed by atoms with Gasteiger partial charge in [-0.05, 0) is 30.2 Å². The molecule has 0 N–H and O–H groups in total. The SMILES string of the molecule is COc1ccccc1C1CCN(c2ccc(S(C)(=O)=O)cc2[N+](=O)[O-])C1. The van der Waals surface area contributed by atoms with Gasteiger partial charge in [0.05, 0.1) is 16.9 Å². The van der Waals surface area contributed by atoms with Crippen molar-refractivity contribution in [3.8, 4) is 5.75 Å². The van der Waals surface area contributed by atoms with Crippen LogP contribution in [0.5, 0.6) is 5.75 Å². The number of anilines is 1. The monoisotopic (exact) mass is 376 g/mol. The summed E-state index contributed by atoms with van der Waals surface area (Å²) in [6.07, 6.45) is 1.88. The Morgan fingerprint density at radius 1 is 1.23 bits per heavy atom. The van der Waals surface area contributed by atoms with E-state index in [0.717, 1.165) is 30.1 Å². The second-order valence-electron chi connectivity index (χ2n) is 6.35. The molecule has 26 heavy (non-hydrogen) atoms. The number of sulfone groups is 1. The number of nitrogens with zero attached hydrogens (tertiary/aromatic N) is 2. The van der Waals surface area contributed by atoms with Crippen LogP contribution in [-0.4, -0.2) is 39.8 Å². The second kappa shape index (κ2) is 6.95. The Morgan fingerprint density at radius 3 is 2.62 bits per heavy atom. The molecule has 3 rings (SSSR count). The van der Waals surface area contributed by atoms with Crippen molar-refractivity contribution in [2.75, 3.05) is 31.4 Å². The summed E-state index contributed by atoms with van der Waals surface area (Å²) in [5, 5.41) is 11.5. The molecule has 0 spiro atoms. The Hall–Kier alpha value is -2.61. The van der Waals surface area contributed by atoms with E-state index in [1.165, 1.54) is 12.1 Å². The molecule has 0 radical (unpaired) electrons. The molecule has 0 bridgehead atoms. The number of hydrogen-bond donors (Lipinski definition) is 0. The fourth-order valence-electron chi connectivity index (χ4n) is 3.38. The van der Waals surface area contributed by atoms with E-state index in [9.17, 15) is 18.5 Å². The van der Waals surface area contributed by atoms with Crippen LogP contribution < -0.4 is 9.64 Å². The van der Waals surface area contributed by atoms with Gasteiger partial charge in [-0.3, -0.25) is 10.1 Å². The maximum Gasteiger partial charge on any atom is 0.293 e. The maximum absolute atomic E-state index is 11.7. The van der Waals surface area contributed by atoms with E-state index in [4.69, 9.17) is 4.74 Å². The number of methoxy groups -OCH3 is 1. The Balaban J connectivity index is 1.92. The first-order valence-electron chi connectivity index (χ1n) is 8.17. The van der Waals surface area contributed by atoms with Gasteiger partial charge in [-0.1, -0.05) is 18.2 Å². The van der Waals surface area contributed by atoms with Gasteiger partial charge in [0.15, 0.2) is 9.84 Å². The van der Waals surface area contributed by atoms with Gasteiger partial charge in [-0.2, -0.15) is 0 Å². The van der Waals surface area contributed by atoms with E-state index < -0.39 is 14.8 Å². The zero-order chi connectivity index (χ0) is 18.9. The Kier molecular flexibility index (Phi) is 4.86. The third-order valence-corrected chi connectivity index (χ3v) is 5.79. The number of para-hydroxylation sites is 1. The highest BCUT2D eigenvalue weighted by molar-refractivity contribution is 7.90. The van der Waals surface area contributed by atoms with Crippen LogP contribution in [0.2, 0.25) is 0 Å². The average Bonchev–Trinajstić information content (AvgIpc) is 3.10. The summed E-state index contributed by atoms with van der Waals surface area (Å²) in [5.41, 5.74) is 1.33. The summed E-state index contributed by atoms with van der Waals surface area (Å²) >= 11 is 0. The maximum atomic E-state index is 11.7. The number of hydrogen-bond acceptors (Lipinski definition) is 6. The van der Waals surface area contributed by atoms with Crippen LogP contribution in [0.25, 0.3) is 0 Å². The summed E-state index contributed by atoms with van der Waals surface area (Å²) in [5.74, 6) is 1.00. The lowest BCUT2D eigenvalue weighted by Crippen LogP contribution is -2.20. The average molecular weight is 376 g/mol. The van der Waals surface area contributed by atoms with Crippen molar-refractivity contribution < 1.29 is 18.1 Å². The summed E-state index contributed by atoms with van der Waals surface area (Å²) in [7, 11) is -1.88. The van der Waals surface area contributed by atoms with E-state index in [-0.39, 0.29) is 16.5 Å². The van der Waals surface area contributed by atoms with E-state index in [1.54, 1.807) is 7.11 Å². The predicted molar refractivity (Wildman–Crippen MR) is 98.8 cm³/mol. The molecule has 1 atom stereocenters. The van der Waals surface area contributed by atoms with Gasteiger partial charge < -0.3 is 9.64 Å². The molecule has 1 unspecified atom stereocenters. The molecule has 1 fully saturated rings. The van der Waals surface area contributed by atoms with Gasteiger partial charge in [-0.25, -0.2) is 8.42 Å². The van der Waals surface area contributed by atoms with Crippen LogP contribution in [0, 0.1) is 10.1 Å². The van der Waals surface area contributed by atoms with Crippen molar-refractivity contribution in [2.45, 2.75) is 17.2 Å². The quantitative estimate of drug-likeness (QED) is 0.589. The van der Waals surface area contributed by atoms with Crippen LogP contribution >= 0.6 is 0 Å². The Bertz CT molecular complexity index is 942. The molecular weight excluding hydrogens is 356 g/mol. The molecule has 0 amide bonds. The molecule has 0 aromatic heterocycles. The van der Waals surface area contributed by atoms with Crippen molar-refractivity contribution >= 4 is 21.2 Å². The van der Waals surface area contributed by atoms with Gasteiger partial charge in [0.1, 0.15) is 11.4 Å². The van der Waals surface area contributed by atoms with E-state index in [1.807, 2.05) is 29.2 Å². The molecule has 2 aromatic carbocycles. The molecule has 7 nitrogen and oxygen atoms in total. The summed E-state index contributed by atoms with van der Waals surface area (Å²) < 4.78 is 28.8. The number of rotatable bonds is 5. The zero-order valence-corrected chi connectivity index (χ0v) is 15.4. The molecule has 138 valence electrons. The van der Waals surface area contributed by atoms with E-state index in [2.05, 4.69) is 0 Å². The molecular formula is C18H20N2O5S. The molecule has 1 heterocycles. The van der Waals surface area contributed by atoms with Crippen LogP contribution in [0.1, 0.15) is 17.9 Å². The Morgan fingerprint density at radius 2 is 1.96 bits per heavy atom. The lowest BCUT2D eigenvalue weighted by molar-refractivity contribution is -0.384. The van der Waals surface area contributed by atoms with E-state index >= 15 is 0 Å². The summed E-state index contributed by atoms with van der Waals surface area (Å²) in [4.78, 5) is 12.8. The van der Waals surface area contributed by atoms with Gasteiger partial charge in [0.25, 0.3) is 5.69 Å². The number of benzene rings is 2. The Labute approximate surface area is 152 Å². The van der Waals surface area contributed by atoms with Gasteiger partial charge in [-0.15, -0.1) is 0 Å². The fourth-order valence-corrected chi connectivity index (χ4v) is 4.03. The molecule has 0 aliphatic carbocycles. The lowest BCUT2D eigenvalue weighted by Gasteiger charge is -2.20. The van der Waals surface area contributed by atoms with Crippen molar-refractivity contribution in [3.63, 3.8) is 0 Å². The normalized spacial score (nSPS) is 17.3. The molecule has 1 aliphatic heterocycles. The van der Waals surface area contributed by atoms with Crippen LogP contribution in [0.4, 0.5) is 11.4 Å². The minimum absolute atomic E-state index is 0.0478. The standard InChI is InChI=1S/C18H20N2O5S/c1-25-18-6-4-3-5-15(18)13-9-10-19(12-13)16-8-7-14(26(2,23)24)11-17(16)20(21)22/h3-8,11,13H,9-10,12H2,1-2H3. The van der Waals surface area contributed by atoms with Crippen LogP contribution in [0.15, 0.2) is 47.4 Å². The van der Waals surface area contributed by atoms with Crippen molar-refractivity contribution in [3.05, 3.63) is 58.1 Å². The number of nitro groups is 1. The fraction of sp³-hybridized carbons (Fsp3) is 0.333. The zero-order valence-electron chi connectivity index (χ0n) is 14.6. The first kappa shape index (κ1) is 18.2. The van der Waals surface area contributed by atoms with Crippen LogP contribution in [0.3, 0.4) is 0 Å². The third kappa shape index (κ3) is 3.50. The van der Waals surface area contributed by atoms with E-state index in [0.29, 0.717) is 18.8 Å². The predicted octanol–water partition coefficient (Wildman–Crippen LogP) is 3.00. The number of nitro benzene ring substituents is 1. The first-order chi connectivity index (χ1) is 12.3.